The van der Waals surface area contributed by atoms with Gasteiger partial charge in [-0.25, -0.2) is 0 Å². The van der Waals surface area contributed by atoms with E-state index in [2.05, 4.69) is 32.6 Å². The Morgan fingerprint density at radius 1 is 1.32 bits per heavy atom. The van der Waals surface area contributed by atoms with Crippen LogP contribution in [0.15, 0.2) is 48.1 Å². The van der Waals surface area contributed by atoms with Crippen LogP contribution < -0.4 is 0 Å². The number of carbonyl (C=O) groups excluding carboxylic acids is 1. The maximum Gasteiger partial charge on any atom is 0.310 e. The van der Waals surface area contributed by atoms with Gasteiger partial charge in [0.2, 0.25) is 0 Å². The van der Waals surface area contributed by atoms with Crippen molar-refractivity contribution in [3.63, 3.8) is 0 Å². The second kappa shape index (κ2) is 8.23. The molecule has 0 aromatic carbocycles. The number of aliphatic carboxylic acids is 1. The second-order valence-electron chi connectivity index (χ2n) is 8.56. The van der Waals surface area contributed by atoms with E-state index in [1.165, 1.54) is 5.57 Å². The highest BCUT2D eigenvalue weighted by Gasteiger charge is 2.66. The van der Waals surface area contributed by atoms with Crippen molar-refractivity contribution >= 4 is 11.8 Å². The van der Waals surface area contributed by atoms with Crippen LogP contribution in [-0.4, -0.2) is 16.9 Å². The SMILES string of the molecule is C=CC(/C=C/[C@]1(CC)C=C(CC)[C@H]2[C@@H]([C@@H](CC)C(=O)[C@@H]2C)[C@]1(C)C(=O)O)=C\C. The number of fused-ring (bicyclic) bond motifs is 1. The Labute approximate surface area is 170 Å². The molecule has 3 heteroatoms. The molecule has 0 bridgehead atoms. The molecule has 154 valence electrons. The van der Waals surface area contributed by atoms with E-state index in [4.69, 9.17) is 0 Å². The molecule has 0 spiro atoms. The van der Waals surface area contributed by atoms with Gasteiger partial charge >= 0.3 is 5.97 Å². The number of allylic oxidation sites excluding steroid dienone is 7. The molecule has 1 N–H and O–H groups in total. The van der Waals surface area contributed by atoms with Gasteiger partial charge in [0.15, 0.2) is 0 Å². The number of hydrogen-bond acceptors (Lipinski definition) is 2. The summed E-state index contributed by atoms with van der Waals surface area (Å²) >= 11 is 0. The Balaban J connectivity index is 2.82. The molecule has 0 saturated heterocycles. The number of hydrogen-bond donors (Lipinski definition) is 1. The average molecular weight is 385 g/mol. The summed E-state index contributed by atoms with van der Waals surface area (Å²) in [6, 6.07) is 0. The highest BCUT2D eigenvalue weighted by atomic mass is 16.4. The summed E-state index contributed by atoms with van der Waals surface area (Å²) in [5.41, 5.74) is 0.535. The molecule has 2 aliphatic rings. The number of carboxylic acids is 1. The predicted molar refractivity (Wildman–Crippen MR) is 115 cm³/mol. The average Bonchev–Trinajstić information content (AvgIpc) is 2.95. The van der Waals surface area contributed by atoms with Gasteiger partial charge in [-0.15, -0.1) is 0 Å². The summed E-state index contributed by atoms with van der Waals surface area (Å²) in [5.74, 6) is -1.03. The third kappa shape index (κ3) is 3.03. The molecule has 6 atom stereocenters. The molecule has 0 aromatic heterocycles. The Kier molecular flexibility index (Phi) is 6.58. The Morgan fingerprint density at radius 3 is 2.39 bits per heavy atom. The van der Waals surface area contributed by atoms with Crippen LogP contribution in [0.3, 0.4) is 0 Å². The van der Waals surface area contributed by atoms with E-state index < -0.39 is 16.8 Å². The third-order valence-electron chi connectivity index (χ3n) is 7.70. The van der Waals surface area contributed by atoms with E-state index >= 15 is 0 Å². The van der Waals surface area contributed by atoms with E-state index in [0.29, 0.717) is 12.8 Å². The van der Waals surface area contributed by atoms with Crippen LogP contribution in [0.2, 0.25) is 0 Å². The van der Waals surface area contributed by atoms with Crippen LogP contribution in [0.25, 0.3) is 0 Å². The highest BCUT2D eigenvalue weighted by molar-refractivity contribution is 5.89. The lowest BCUT2D eigenvalue weighted by Crippen LogP contribution is -2.55. The minimum absolute atomic E-state index is 0.0252. The molecule has 0 unspecified atom stereocenters. The summed E-state index contributed by atoms with van der Waals surface area (Å²) in [7, 11) is 0. The number of carboxylic acid groups (broad SMARTS) is 1. The van der Waals surface area contributed by atoms with Gasteiger partial charge in [0.25, 0.3) is 0 Å². The maximum absolute atomic E-state index is 13.1. The van der Waals surface area contributed by atoms with Gasteiger partial charge in [-0.05, 0) is 50.5 Å². The lowest BCUT2D eigenvalue weighted by atomic mass is 9.48. The zero-order valence-electron chi connectivity index (χ0n) is 18.3. The molecule has 3 nitrogen and oxygen atoms in total. The predicted octanol–water partition coefficient (Wildman–Crippen LogP) is 5.99. The summed E-state index contributed by atoms with van der Waals surface area (Å²) in [6.07, 6.45) is 12.2. The van der Waals surface area contributed by atoms with Gasteiger partial charge in [0.1, 0.15) is 5.78 Å². The Hall–Kier alpha value is -1.90. The first-order chi connectivity index (χ1) is 13.2. The standard InChI is InChI=1S/C25H36O3/c1-8-17(9-2)13-14-25(12-5)15-18(10-3)20-16(6)22(26)19(11-4)21(20)24(25,7)23(27)28/h8-9,13-16,19-21H,1,10-12H2,2-7H3,(H,27,28)/b14-13+,17-9+/t16-,19-,20+,21-,24-,25-/m1/s1. The van der Waals surface area contributed by atoms with E-state index in [9.17, 15) is 14.7 Å². The number of rotatable bonds is 7. The maximum atomic E-state index is 13.1. The van der Waals surface area contributed by atoms with Crippen molar-refractivity contribution in [2.75, 3.05) is 0 Å². The zero-order valence-corrected chi connectivity index (χ0v) is 18.3. The largest absolute Gasteiger partial charge is 0.481 e. The van der Waals surface area contributed by atoms with Gasteiger partial charge in [-0.2, -0.15) is 0 Å². The lowest BCUT2D eigenvalue weighted by molar-refractivity contribution is -0.162. The van der Waals surface area contributed by atoms with Crippen LogP contribution >= 0.6 is 0 Å². The van der Waals surface area contributed by atoms with Crippen molar-refractivity contribution in [3.05, 3.63) is 48.1 Å². The summed E-state index contributed by atoms with van der Waals surface area (Å²) in [5, 5.41) is 10.5. The van der Waals surface area contributed by atoms with Gasteiger partial charge in [0, 0.05) is 17.3 Å². The molecule has 0 heterocycles. The van der Waals surface area contributed by atoms with Crippen LogP contribution in [0, 0.1) is 34.5 Å². The summed E-state index contributed by atoms with van der Waals surface area (Å²) in [4.78, 5) is 25.9. The number of ketones is 1. The zero-order chi connectivity index (χ0) is 21.3. The lowest BCUT2D eigenvalue weighted by Gasteiger charge is -2.53. The first kappa shape index (κ1) is 22.4. The minimum Gasteiger partial charge on any atom is -0.481 e. The molecular formula is C25H36O3. The second-order valence-corrected chi connectivity index (χ2v) is 8.56. The van der Waals surface area contributed by atoms with Crippen molar-refractivity contribution in [2.24, 2.45) is 34.5 Å². The van der Waals surface area contributed by atoms with Gasteiger partial charge < -0.3 is 5.11 Å². The van der Waals surface area contributed by atoms with Gasteiger partial charge in [-0.1, -0.05) is 70.2 Å². The summed E-state index contributed by atoms with van der Waals surface area (Å²) < 4.78 is 0. The molecular weight excluding hydrogens is 348 g/mol. The molecule has 0 aromatic rings. The normalized spacial score (nSPS) is 38.4. The van der Waals surface area contributed by atoms with Crippen molar-refractivity contribution in [1.29, 1.82) is 0 Å². The van der Waals surface area contributed by atoms with E-state index in [1.807, 2.05) is 39.8 Å². The minimum atomic E-state index is -1.04. The summed E-state index contributed by atoms with van der Waals surface area (Å²) in [6.45, 7) is 15.9. The monoisotopic (exact) mass is 384 g/mol. The molecule has 1 saturated carbocycles. The van der Waals surface area contributed by atoms with E-state index in [-0.39, 0.29) is 29.5 Å². The van der Waals surface area contributed by atoms with E-state index in [0.717, 1.165) is 12.0 Å². The van der Waals surface area contributed by atoms with Crippen LogP contribution in [0.5, 0.6) is 0 Å². The smallest absolute Gasteiger partial charge is 0.310 e. The van der Waals surface area contributed by atoms with Crippen molar-refractivity contribution < 1.29 is 14.7 Å². The van der Waals surface area contributed by atoms with Gasteiger partial charge in [0.05, 0.1) is 5.41 Å². The number of carbonyl (C=O) groups is 2. The fraction of sp³-hybridized carbons (Fsp3) is 0.600. The van der Waals surface area contributed by atoms with Crippen molar-refractivity contribution in [3.8, 4) is 0 Å². The molecule has 1 fully saturated rings. The van der Waals surface area contributed by atoms with Crippen LogP contribution in [-0.2, 0) is 9.59 Å². The first-order valence-corrected chi connectivity index (χ1v) is 10.7. The third-order valence-corrected chi connectivity index (χ3v) is 7.70. The van der Waals surface area contributed by atoms with Crippen LogP contribution in [0.4, 0.5) is 0 Å². The molecule has 0 amide bonds. The number of Topliss-reactive ketones (excluding diaryl/α,β-unsaturated/α-hetero) is 1. The molecule has 2 aliphatic carbocycles. The van der Waals surface area contributed by atoms with Crippen LogP contribution in [0.1, 0.15) is 60.8 Å². The Morgan fingerprint density at radius 2 is 1.96 bits per heavy atom. The molecule has 2 rings (SSSR count). The fourth-order valence-corrected chi connectivity index (χ4v) is 5.92. The van der Waals surface area contributed by atoms with Crippen molar-refractivity contribution in [1.82, 2.24) is 0 Å². The quantitative estimate of drug-likeness (QED) is 0.433. The fourth-order valence-electron chi connectivity index (χ4n) is 5.92. The van der Waals surface area contributed by atoms with E-state index in [1.54, 1.807) is 6.08 Å². The highest BCUT2D eigenvalue weighted by Crippen LogP contribution is 2.64. The molecule has 28 heavy (non-hydrogen) atoms. The topological polar surface area (TPSA) is 54.4 Å². The van der Waals surface area contributed by atoms with Crippen molar-refractivity contribution in [2.45, 2.75) is 60.8 Å². The first-order valence-electron chi connectivity index (χ1n) is 10.7. The molecule has 0 aliphatic heterocycles. The Bertz CT molecular complexity index is 741. The van der Waals surface area contributed by atoms with Gasteiger partial charge in [-0.3, -0.25) is 9.59 Å². The molecule has 0 radical (unpaired) electrons.